The van der Waals surface area contributed by atoms with E-state index >= 15 is 0 Å². The molecule has 1 amide bonds. The van der Waals surface area contributed by atoms with Crippen molar-refractivity contribution < 1.29 is 4.79 Å². The van der Waals surface area contributed by atoms with Crippen LogP contribution in [0.5, 0.6) is 0 Å². The van der Waals surface area contributed by atoms with E-state index in [0.29, 0.717) is 22.1 Å². The largest absolute Gasteiger partial charge is 0.339 e. The number of piperidine rings is 1. The van der Waals surface area contributed by atoms with E-state index in [2.05, 4.69) is 17.1 Å². The molecule has 0 saturated carbocycles. The number of likely N-dealkylation sites (tertiary alicyclic amines) is 1. The van der Waals surface area contributed by atoms with Gasteiger partial charge >= 0.3 is 0 Å². The number of amides is 1. The van der Waals surface area contributed by atoms with Crippen molar-refractivity contribution in [2.75, 3.05) is 12.3 Å². The molecule has 2 aromatic carbocycles. The van der Waals surface area contributed by atoms with E-state index in [4.69, 9.17) is 0 Å². The van der Waals surface area contributed by atoms with Crippen LogP contribution in [0.25, 0.3) is 22.4 Å². The van der Waals surface area contributed by atoms with Gasteiger partial charge in [-0.05, 0) is 63.3 Å². The first kappa shape index (κ1) is 21.7. The summed E-state index contributed by atoms with van der Waals surface area (Å²) in [5.41, 5.74) is 3.41. The highest BCUT2D eigenvalue weighted by Crippen LogP contribution is 2.26. The minimum Gasteiger partial charge on any atom is -0.339 e. The number of nitrogens with zero attached hydrogens (tertiary/aromatic N) is 5. The van der Waals surface area contributed by atoms with Crippen LogP contribution in [-0.2, 0) is 4.79 Å². The van der Waals surface area contributed by atoms with Crippen molar-refractivity contribution in [1.29, 1.82) is 0 Å². The van der Waals surface area contributed by atoms with Gasteiger partial charge in [0, 0.05) is 12.6 Å². The Bertz CT molecular complexity index is 1400. The topological polar surface area (TPSA) is 72.5 Å². The zero-order chi connectivity index (χ0) is 23.1. The van der Waals surface area contributed by atoms with E-state index in [1.165, 1.54) is 18.2 Å². The van der Waals surface area contributed by atoms with Gasteiger partial charge in [-0.15, -0.1) is 10.2 Å². The average Bonchev–Trinajstić information content (AvgIpc) is 3.23. The fraction of sp³-hybridized carbons (Fsp3) is 0.360. The third-order valence-electron chi connectivity index (χ3n) is 6.51. The number of hydrogen-bond acceptors (Lipinski definition) is 5. The zero-order valence-electron chi connectivity index (χ0n) is 19.1. The number of thioether (sulfide) groups is 1. The van der Waals surface area contributed by atoms with Crippen molar-refractivity contribution in [3.8, 4) is 5.69 Å². The third-order valence-corrected chi connectivity index (χ3v) is 7.42. The smallest absolute Gasteiger partial charge is 0.267 e. The minimum absolute atomic E-state index is 0.122. The molecule has 1 saturated heterocycles. The van der Waals surface area contributed by atoms with E-state index in [1.54, 1.807) is 4.57 Å². The zero-order valence-corrected chi connectivity index (χ0v) is 19.9. The number of carbonyl (C=O) groups excluding carboxylic acids is 1. The lowest BCUT2D eigenvalue weighted by Gasteiger charge is -2.33. The molecule has 1 aliphatic rings. The summed E-state index contributed by atoms with van der Waals surface area (Å²) in [4.78, 5) is 28.5. The number of benzene rings is 2. The van der Waals surface area contributed by atoms with Crippen molar-refractivity contribution in [2.24, 2.45) is 0 Å². The summed E-state index contributed by atoms with van der Waals surface area (Å²) in [6.45, 7) is 6.91. The van der Waals surface area contributed by atoms with Crippen LogP contribution >= 0.6 is 11.8 Å². The molecule has 0 unspecified atom stereocenters. The maximum Gasteiger partial charge on any atom is 0.267 e. The summed E-state index contributed by atoms with van der Waals surface area (Å²) in [6.07, 6.45) is 3.28. The van der Waals surface area contributed by atoms with Crippen molar-refractivity contribution >= 4 is 34.3 Å². The molecule has 0 N–H and O–H groups in total. The highest BCUT2D eigenvalue weighted by Gasteiger charge is 2.25. The van der Waals surface area contributed by atoms with E-state index in [0.717, 1.165) is 41.7 Å². The van der Waals surface area contributed by atoms with Gasteiger partial charge in [0.2, 0.25) is 11.7 Å². The summed E-state index contributed by atoms with van der Waals surface area (Å²) < 4.78 is 3.55. The van der Waals surface area contributed by atoms with Crippen LogP contribution in [0.4, 0.5) is 0 Å². The first-order valence-electron chi connectivity index (χ1n) is 11.3. The quantitative estimate of drug-likeness (QED) is 0.427. The van der Waals surface area contributed by atoms with Gasteiger partial charge < -0.3 is 4.90 Å². The number of aryl methyl sites for hydroxylation is 2. The molecular weight excluding hydrogens is 434 g/mol. The molecule has 5 rings (SSSR count). The molecule has 7 nitrogen and oxygen atoms in total. The van der Waals surface area contributed by atoms with Crippen LogP contribution in [0.1, 0.15) is 37.3 Å². The number of para-hydroxylation sites is 2. The maximum absolute atomic E-state index is 13.6. The van der Waals surface area contributed by atoms with E-state index in [-0.39, 0.29) is 17.5 Å². The Morgan fingerprint density at radius 3 is 2.58 bits per heavy atom. The van der Waals surface area contributed by atoms with E-state index in [9.17, 15) is 9.59 Å². The standard InChI is InChI=1S/C25H27N5O2S/c1-16-9-8-10-17(2)22(16)30-23(32)19-12-4-5-13-20(19)29-24(30)26-27-25(29)33-15-21(31)28-14-7-6-11-18(28)3/h4-5,8-10,12-13,18H,6-7,11,14-15H2,1-3H3/t18-/m0/s1. The van der Waals surface area contributed by atoms with Gasteiger partial charge in [-0.25, -0.2) is 4.57 Å². The van der Waals surface area contributed by atoms with Gasteiger partial charge in [0.25, 0.3) is 5.56 Å². The maximum atomic E-state index is 13.6. The second-order valence-electron chi connectivity index (χ2n) is 8.74. The van der Waals surface area contributed by atoms with Gasteiger partial charge in [-0.3, -0.25) is 14.0 Å². The van der Waals surface area contributed by atoms with Gasteiger partial charge in [0.05, 0.1) is 22.3 Å². The van der Waals surface area contributed by atoms with Crippen LogP contribution in [-0.4, -0.2) is 48.3 Å². The van der Waals surface area contributed by atoms with Crippen molar-refractivity contribution in [1.82, 2.24) is 24.1 Å². The molecule has 3 heterocycles. The van der Waals surface area contributed by atoms with Crippen LogP contribution < -0.4 is 5.56 Å². The number of carbonyl (C=O) groups is 1. The molecule has 170 valence electrons. The van der Waals surface area contributed by atoms with Crippen molar-refractivity contribution in [3.63, 3.8) is 0 Å². The molecule has 1 aliphatic heterocycles. The molecule has 33 heavy (non-hydrogen) atoms. The normalized spacial score (nSPS) is 16.6. The summed E-state index contributed by atoms with van der Waals surface area (Å²) >= 11 is 1.38. The van der Waals surface area contributed by atoms with E-state index in [1.807, 2.05) is 65.6 Å². The first-order chi connectivity index (χ1) is 16.0. The Labute approximate surface area is 196 Å². The summed E-state index contributed by atoms with van der Waals surface area (Å²) in [5.74, 6) is 0.871. The van der Waals surface area contributed by atoms with Crippen LogP contribution in [0, 0.1) is 13.8 Å². The summed E-state index contributed by atoms with van der Waals surface area (Å²) in [6, 6.07) is 13.7. The summed E-state index contributed by atoms with van der Waals surface area (Å²) in [5, 5.41) is 10.0. The van der Waals surface area contributed by atoms with Gasteiger partial charge in [-0.2, -0.15) is 0 Å². The lowest BCUT2D eigenvalue weighted by Crippen LogP contribution is -2.42. The number of rotatable bonds is 4. The molecule has 0 aliphatic carbocycles. The van der Waals surface area contributed by atoms with Crippen molar-refractivity contribution in [2.45, 2.75) is 51.2 Å². The molecule has 2 aromatic heterocycles. The predicted octanol–water partition coefficient (Wildman–Crippen LogP) is 4.14. The molecule has 1 atom stereocenters. The summed E-state index contributed by atoms with van der Waals surface area (Å²) in [7, 11) is 0. The monoisotopic (exact) mass is 461 g/mol. The molecular formula is C25H27N5O2S. The van der Waals surface area contributed by atoms with Crippen LogP contribution in [0.3, 0.4) is 0 Å². The molecule has 1 fully saturated rings. The third kappa shape index (κ3) is 3.72. The Kier molecular flexibility index (Phi) is 5.70. The Morgan fingerprint density at radius 1 is 1.06 bits per heavy atom. The molecule has 4 aromatic rings. The van der Waals surface area contributed by atoms with Crippen molar-refractivity contribution in [3.05, 3.63) is 63.9 Å². The number of aromatic nitrogens is 4. The molecule has 0 bridgehead atoms. The Hall–Kier alpha value is -3.13. The average molecular weight is 462 g/mol. The highest BCUT2D eigenvalue weighted by molar-refractivity contribution is 7.99. The van der Waals surface area contributed by atoms with Gasteiger partial charge in [-0.1, -0.05) is 42.1 Å². The van der Waals surface area contributed by atoms with Gasteiger partial charge in [0.1, 0.15) is 0 Å². The van der Waals surface area contributed by atoms with Gasteiger partial charge in [0.15, 0.2) is 5.16 Å². The highest BCUT2D eigenvalue weighted by atomic mass is 32.2. The second-order valence-corrected chi connectivity index (χ2v) is 9.68. The molecule has 0 spiro atoms. The van der Waals surface area contributed by atoms with Crippen LogP contribution in [0.15, 0.2) is 52.4 Å². The lowest BCUT2D eigenvalue weighted by molar-refractivity contribution is -0.131. The van der Waals surface area contributed by atoms with Crippen LogP contribution in [0.2, 0.25) is 0 Å². The number of hydrogen-bond donors (Lipinski definition) is 0. The first-order valence-corrected chi connectivity index (χ1v) is 12.3. The Balaban J connectivity index is 1.63. The molecule has 0 radical (unpaired) electrons. The predicted molar refractivity (Wildman–Crippen MR) is 131 cm³/mol. The molecule has 8 heteroatoms. The fourth-order valence-electron chi connectivity index (χ4n) is 4.81. The number of fused-ring (bicyclic) bond motifs is 3. The van der Waals surface area contributed by atoms with E-state index < -0.39 is 0 Å². The fourth-order valence-corrected chi connectivity index (χ4v) is 5.64. The SMILES string of the molecule is Cc1cccc(C)c1-n1c(=O)c2ccccc2n2c(SCC(=O)N3CCCC[C@@H]3C)nnc12. The minimum atomic E-state index is -0.127. The second kappa shape index (κ2) is 8.67. The Morgan fingerprint density at radius 2 is 1.82 bits per heavy atom. The lowest BCUT2D eigenvalue weighted by atomic mass is 10.0.